The van der Waals surface area contributed by atoms with Crippen LogP contribution in [-0.2, 0) is 11.4 Å². The van der Waals surface area contributed by atoms with Crippen LogP contribution in [0, 0.1) is 10.1 Å². The number of hydrogen-bond donors (Lipinski definition) is 0. The fraction of sp³-hybridized carbons (Fsp3) is 0.154. The number of rotatable bonds is 8. The lowest BCUT2D eigenvalue weighted by Gasteiger charge is -2.12. The third kappa shape index (κ3) is 6.33. The molecule has 37 heavy (non-hydrogen) atoms. The van der Waals surface area contributed by atoms with Gasteiger partial charge in [-0.25, -0.2) is 4.99 Å². The molecule has 0 N–H and O–H groups in total. The molecule has 0 atom stereocenters. The first-order chi connectivity index (χ1) is 17.8. The summed E-state index contributed by atoms with van der Waals surface area (Å²) in [5, 5.41) is 11.8. The Morgan fingerprint density at radius 3 is 2.46 bits per heavy atom. The van der Waals surface area contributed by atoms with Crippen molar-refractivity contribution in [3.63, 3.8) is 0 Å². The highest BCUT2D eigenvalue weighted by atomic mass is 79.9. The second kappa shape index (κ2) is 11.8. The molecule has 11 heteroatoms. The number of amidine groups is 1. The van der Waals surface area contributed by atoms with Gasteiger partial charge in [-0.2, -0.15) is 0 Å². The molecule has 4 rings (SSSR count). The van der Waals surface area contributed by atoms with E-state index in [0.29, 0.717) is 31.9 Å². The number of hydrogen-bond acceptors (Lipinski definition) is 7. The van der Waals surface area contributed by atoms with Gasteiger partial charge in [-0.3, -0.25) is 19.8 Å². The lowest BCUT2D eigenvalue weighted by Crippen LogP contribution is -2.28. The predicted molar refractivity (Wildman–Crippen MR) is 150 cm³/mol. The summed E-state index contributed by atoms with van der Waals surface area (Å²) in [7, 11) is 1.60. The second-order valence-electron chi connectivity index (χ2n) is 7.78. The molecule has 0 unspecified atom stereocenters. The minimum atomic E-state index is -0.452. The lowest BCUT2D eigenvalue weighted by molar-refractivity contribution is -0.384. The Balaban J connectivity index is 1.52. The van der Waals surface area contributed by atoms with Crippen molar-refractivity contribution in [2.24, 2.45) is 4.99 Å². The van der Waals surface area contributed by atoms with Crippen LogP contribution in [-0.4, -0.2) is 34.6 Å². The molecule has 0 spiro atoms. The van der Waals surface area contributed by atoms with Gasteiger partial charge < -0.3 is 9.47 Å². The molecule has 0 aliphatic carbocycles. The highest BCUT2D eigenvalue weighted by Crippen LogP contribution is 2.38. The number of carbonyl (C=O) groups excluding carboxylic acids is 1. The maximum Gasteiger partial charge on any atom is 0.269 e. The average Bonchev–Trinajstić information content (AvgIpc) is 3.17. The number of thioether (sulfide) groups is 1. The normalized spacial score (nSPS) is 15.5. The Labute approximate surface area is 231 Å². The highest BCUT2D eigenvalue weighted by molar-refractivity contribution is 9.10. The van der Waals surface area contributed by atoms with E-state index in [4.69, 9.17) is 21.1 Å². The smallest absolute Gasteiger partial charge is 0.269 e. The minimum absolute atomic E-state index is 0.0125. The van der Waals surface area contributed by atoms with Crippen LogP contribution in [0.2, 0.25) is 5.02 Å². The quantitative estimate of drug-likeness (QED) is 0.153. The van der Waals surface area contributed by atoms with Crippen LogP contribution >= 0.6 is 39.3 Å². The number of nitrogens with zero attached hydrogens (tertiary/aromatic N) is 3. The molecule has 1 aliphatic rings. The van der Waals surface area contributed by atoms with Gasteiger partial charge in [0.05, 0.1) is 32.1 Å². The van der Waals surface area contributed by atoms with Gasteiger partial charge in [0.25, 0.3) is 11.6 Å². The van der Waals surface area contributed by atoms with Crippen molar-refractivity contribution < 1.29 is 19.2 Å². The van der Waals surface area contributed by atoms with Crippen molar-refractivity contribution in [3.05, 3.63) is 96.3 Å². The van der Waals surface area contributed by atoms with E-state index in [0.717, 1.165) is 22.6 Å². The van der Waals surface area contributed by atoms with E-state index >= 15 is 0 Å². The standard InChI is InChI=1S/C26H21BrClN3O5S/c1-3-30-25(32)23(37-26(30)29-18-6-10-20(35-2)11-7-18)14-17-12-21(27)24(22(28)13-17)36-15-16-4-8-19(9-5-16)31(33)34/h4-14H,3,15H2,1-2H3/b23-14+,29-26?. The number of halogens is 2. The van der Waals surface area contributed by atoms with E-state index in [2.05, 4.69) is 20.9 Å². The van der Waals surface area contributed by atoms with Crippen LogP contribution in [0.15, 0.2) is 75.0 Å². The Kier molecular flexibility index (Phi) is 8.52. The molecule has 1 heterocycles. The van der Waals surface area contributed by atoms with Gasteiger partial charge in [-0.15, -0.1) is 0 Å². The van der Waals surface area contributed by atoms with Gasteiger partial charge in [0.15, 0.2) is 10.9 Å². The summed E-state index contributed by atoms with van der Waals surface area (Å²) < 4.78 is 11.7. The van der Waals surface area contributed by atoms with E-state index < -0.39 is 4.92 Å². The summed E-state index contributed by atoms with van der Waals surface area (Å²) in [5.41, 5.74) is 2.21. The molecule has 0 aromatic heterocycles. The molecule has 1 amide bonds. The molecule has 3 aromatic rings. The van der Waals surface area contributed by atoms with Gasteiger partial charge in [0.1, 0.15) is 12.4 Å². The van der Waals surface area contributed by atoms with Crippen molar-refractivity contribution >= 4 is 67.8 Å². The van der Waals surface area contributed by atoms with Crippen molar-refractivity contribution in [2.45, 2.75) is 13.5 Å². The predicted octanol–water partition coefficient (Wildman–Crippen LogP) is 7.22. The van der Waals surface area contributed by atoms with E-state index in [9.17, 15) is 14.9 Å². The minimum Gasteiger partial charge on any atom is -0.497 e. The molecular weight excluding hydrogens is 582 g/mol. The molecule has 0 bridgehead atoms. The maximum atomic E-state index is 13.0. The number of carbonyl (C=O) groups is 1. The van der Waals surface area contributed by atoms with Crippen LogP contribution in [0.1, 0.15) is 18.1 Å². The topological polar surface area (TPSA) is 94.3 Å². The van der Waals surface area contributed by atoms with E-state index in [1.807, 2.05) is 37.3 Å². The van der Waals surface area contributed by atoms with Crippen molar-refractivity contribution in [2.75, 3.05) is 13.7 Å². The fourth-order valence-electron chi connectivity index (χ4n) is 3.46. The lowest BCUT2D eigenvalue weighted by atomic mass is 10.2. The zero-order chi connectivity index (χ0) is 26.5. The highest BCUT2D eigenvalue weighted by Gasteiger charge is 2.32. The van der Waals surface area contributed by atoms with Gasteiger partial charge in [-0.1, -0.05) is 11.6 Å². The van der Waals surface area contributed by atoms with Gasteiger partial charge in [0, 0.05) is 18.7 Å². The van der Waals surface area contributed by atoms with Crippen molar-refractivity contribution in [1.29, 1.82) is 0 Å². The molecule has 190 valence electrons. The van der Waals surface area contributed by atoms with Gasteiger partial charge >= 0.3 is 0 Å². The maximum absolute atomic E-state index is 13.0. The first-order valence-electron chi connectivity index (χ1n) is 11.1. The Hall–Kier alpha value is -3.34. The number of aliphatic imine (C=N–C) groups is 1. The average molecular weight is 603 g/mol. The van der Waals surface area contributed by atoms with E-state index in [-0.39, 0.29) is 18.2 Å². The number of ether oxygens (including phenoxy) is 2. The van der Waals surface area contributed by atoms with E-state index in [1.54, 1.807) is 36.3 Å². The summed E-state index contributed by atoms with van der Waals surface area (Å²) in [6.07, 6.45) is 1.77. The zero-order valence-electron chi connectivity index (χ0n) is 19.8. The molecule has 0 saturated carbocycles. The Morgan fingerprint density at radius 2 is 1.86 bits per heavy atom. The first kappa shape index (κ1) is 26.7. The van der Waals surface area contributed by atoms with Crippen LogP contribution in [0.3, 0.4) is 0 Å². The molecule has 3 aromatic carbocycles. The van der Waals surface area contributed by atoms with E-state index in [1.165, 1.54) is 23.9 Å². The monoisotopic (exact) mass is 601 g/mol. The van der Waals surface area contributed by atoms with Gasteiger partial charge in [-0.05, 0) is 100 Å². The number of methoxy groups -OCH3 is 1. The number of non-ortho nitro benzene ring substituents is 1. The van der Waals surface area contributed by atoms with Crippen LogP contribution in [0.4, 0.5) is 11.4 Å². The molecule has 8 nitrogen and oxygen atoms in total. The van der Waals surface area contributed by atoms with Crippen LogP contribution in [0.5, 0.6) is 11.5 Å². The number of benzene rings is 3. The van der Waals surface area contributed by atoms with Crippen LogP contribution < -0.4 is 9.47 Å². The van der Waals surface area contributed by atoms with Gasteiger partial charge in [0.2, 0.25) is 0 Å². The molecule has 1 saturated heterocycles. The second-order valence-corrected chi connectivity index (χ2v) is 10.0. The summed E-state index contributed by atoms with van der Waals surface area (Å²) in [4.78, 5) is 30.2. The number of nitro groups is 1. The Bertz CT molecular complexity index is 1370. The summed E-state index contributed by atoms with van der Waals surface area (Å²) in [6.45, 7) is 2.56. The summed E-state index contributed by atoms with van der Waals surface area (Å²) in [5.74, 6) is 1.03. The number of likely N-dealkylation sites (N-methyl/N-ethyl adjacent to an activating group) is 1. The third-order valence-electron chi connectivity index (χ3n) is 5.35. The Morgan fingerprint density at radius 1 is 1.16 bits per heavy atom. The first-order valence-corrected chi connectivity index (χ1v) is 13.1. The largest absolute Gasteiger partial charge is 0.497 e. The number of nitro benzene ring substituents is 1. The molecule has 1 aliphatic heterocycles. The fourth-order valence-corrected chi connectivity index (χ4v) is 5.51. The SMILES string of the molecule is CCN1C(=O)/C(=C\c2cc(Cl)c(OCc3ccc([N+](=O)[O-])cc3)c(Br)c2)SC1=Nc1ccc(OC)cc1. The third-order valence-corrected chi connectivity index (χ3v) is 7.23. The number of amides is 1. The summed E-state index contributed by atoms with van der Waals surface area (Å²) >= 11 is 11.3. The molecular formula is C26H21BrClN3O5S. The van der Waals surface area contributed by atoms with Crippen molar-refractivity contribution in [3.8, 4) is 11.5 Å². The van der Waals surface area contributed by atoms with Crippen LogP contribution in [0.25, 0.3) is 6.08 Å². The molecule has 0 radical (unpaired) electrons. The van der Waals surface area contributed by atoms with Crippen molar-refractivity contribution in [1.82, 2.24) is 4.90 Å². The summed E-state index contributed by atoms with van der Waals surface area (Å²) in [6, 6.07) is 16.9. The molecule has 1 fully saturated rings. The zero-order valence-corrected chi connectivity index (χ0v) is 23.0.